The first kappa shape index (κ1) is 12.1. The molecule has 2 bridgehead atoms. The zero-order valence-electron chi connectivity index (χ0n) is 10.7. The lowest BCUT2D eigenvalue weighted by Gasteiger charge is -2.34. The quantitative estimate of drug-likeness (QED) is 0.787. The van der Waals surface area contributed by atoms with E-state index in [4.69, 9.17) is 11.0 Å². The minimum Gasteiger partial charge on any atom is -0.367 e. The van der Waals surface area contributed by atoms with Crippen LogP contribution in [-0.2, 0) is 4.79 Å². The molecule has 4 heteroatoms. The van der Waals surface area contributed by atoms with Crippen LogP contribution in [0.4, 0.5) is 0 Å². The van der Waals surface area contributed by atoms with Crippen molar-refractivity contribution in [3.8, 4) is 6.07 Å². The first-order chi connectivity index (χ1) is 7.83. The molecule has 2 aliphatic carbocycles. The molecule has 0 aromatic rings. The predicted octanol–water partition coefficient (Wildman–Crippen LogP) is 1.65. The number of fused-ring (bicyclic) bond motifs is 2. The van der Waals surface area contributed by atoms with Crippen LogP contribution in [0.3, 0.4) is 0 Å². The molecular weight excluding hydrogens is 214 g/mol. The van der Waals surface area contributed by atoms with Crippen molar-refractivity contribution in [2.75, 3.05) is 0 Å². The Labute approximate surface area is 102 Å². The Morgan fingerprint density at radius 3 is 2.59 bits per heavy atom. The normalized spacial score (nSPS) is 38.0. The van der Waals surface area contributed by atoms with Gasteiger partial charge in [0.2, 0.25) is 6.04 Å². The monoisotopic (exact) mass is 233 g/mol. The lowest BCUT2D eigenvalue weighted by Crippen LogP contribution is -2.35. The third kappa shape index (κ3) is 1.49. The highest BCUT2D eigenvalue weighted by atomic mass is 16.1. The number of aliphatic imine (C=N–C) groups is 1. The molecule has 0 spiro atoms. The molecule has 0 radical (unpaired) electrons. The Balaban J connectivity index is 2.35. The van der Waals surface area contributed by atoms with E-state index in [1.807, 2.05) is 6.07 Å². The Bertz CT molecular complexity index is 432. The summed E-state index contributed by atoms with van der Waals surface area (Å²) in [7, 11) is 0. The molecule has 2 saturated carbocycles. The molecule has 17 heavy (non-hydrogen) atoms. The maximum atomic E-state index is 11.1. The molecule has 1 amide bonds. The Hall–Kier alpha value is -1.37. The van der Waals surface area contributed by atoms with Crippen molar-refractivity contribution < 1.29 is 4.79 Å². The number of rotatable bonds is 2. The minimum atomic E-state index is -1.02. The molecule has 4 nitrogen and oxygen atoms in total. The van der Waals surface area contributed by atoms with Crippen LogP contribution in [0.25, 0.3) is 0 Å². The summed E-state index contributed by atoms with van der Waals surface area (Å²) < 4.78 is 0. The molecule has 0 unspecified atom stereocenters. The third-order valence-electron chi connectivity index (χ3n) is 5.19. The van der Waals surface area contributed by atoms with Crippen LogP contribution < -0.4 is 5.73 Å². The Morgan fingerprint density at radius 2 is 2.24 bits per heavy atom. The number of nitrogens with zero attached hydrogens (tertiary/aromatic N) is 2. The average Bonchev–Trinajstić information content (AvgIpc) is 2.57. The van der Waals surface area contributed by atoms with Gasteiger partial charge in [0.25, 0.3) is 5.91 Å². The van der Waals surface area contributed by atoms with Crippen molar-refractivity contribution in [2.24, 2.45) is 27.5 Å². The topological polar surface area (TPSA) is 79.2 Å². The van der Waals surface area contributed by atoms with E-state index in [1.54, 1.807) is 0 Å². The summed E-state index contributed by atoms with van der Waals surface area (Å²) in [5.74, 6) is -0.0253. The van der Waals surface area contributed by atoms with Gasteiger partial charge in [-0.25, -0.2) is 0 Å². The van der Waals surface area contributed by atoms with E-state index in [0.29, 0.717) is 5.92 Å². The molecule has 0 saturated heterocycles. The van der Waals surface area contributed by atoms with Gasteiger partial charge in [0.1, 0.15) is 0 Å². The van der Waals surface area contributed by atoms with Crippen LogP contribution in [-0.4, -0.2) is 17.7 Å². The standard InChI is InChI=1S/C13H19N3O/c1-12(2)8-4-5-13(12,3)10(6-8)16-9(7-14)11(15)17/h8-9H,4-6H2,1-3H3,(H2,15,17)/t8-,9+,13+/m1/s1. The summed E-state index contributed by atoms with van der Waals surface area (Å²) in [5, 5.41) is 8.88. The van der Waals surface area contributed by atoms with Gasteiger partial charge in [-0.1, -0.05) is 20.8 Å². The van der Waals surface area contributed by atoms with Crippen molar-refractivity contribution in [3.05, 3.63) is 0 Å². The van der Waals surface area contributed by atoms with E-state index >= 15 is 0 Å². The van der Waals surface area contributed by atoms with E-state index in [1.165, 1.54) is 6.42 Å². The molecule has 0 aromatic heterocycles. The number of nitrogens with two attached hydrogens (primary N) is 1. The maximum Gasteiger partial charge on any atom is 0.256 e. The fourth-order valence-corrected chi connectivity index (χ4v) is 3.44. The fraction of sp³-hybridized carbons (Fsp3) is 0.769. The molecular formula is C13H19N3O. The van der Waals surface area contributed by atoms with E-state index in [0.717, 1.165) is 18.6 Å². The first-order valence-corrected chi connectivity index (χ1v) is 6.09. The highest BCUT2D eigenvalue weighted by Gasteiger charge is 2.59. The highest BCUT2D eigenvalue weighted by molar-refractivity contribution is 5.97. The summed E-state index contributed by atoms with van der Waals surface area (Å²) in [6, 6.07) is 0.854. The van der Waals surface area contributed by atoms with E-state index < -0.39 is 11.9 Å². The van der Waals surface area contributed by atoms with E-state index in [-0.39, 0.29) is 10.8 Å². The lowest BCUT2D eigenvalue weighted by molar-refractivity contribution is -0.118. The largest absolute Gasteiger partial charge is 0.367 e. The molecule has 2 rings (SSSR count). The molecule has 0 heterocycles. The lowest BCUT2D eigenvalue weighted by atomic mass is 9.70. The van der Waals surface area contributed by atoms with Crippen molar-refractivity contribution in [1.29, 1.82) is 5.26 Å². The predicted molar refractivity (Wildman–Crippen MR) is 65.3 cm³/mol. The van der Waals surface area contributed by atoms with Crippen LogP contribution in [0.1, 0.15) is 40.0 Å². The number of hydrogen-bond acceptors (Lipinski definition) is 3. The summed E-state index contributed by atoms with van der Waals surface area (Å²) in [6.07, 6.45) is 3.23. The van der Waals surface area contributed by atoms with Crippen molar-refractivity contribution in [2.45, 2.75) is 46.1 Å². The second-order valence-electron chi connectivity index (χ2n) is 6.00. The van der Waals surface area contributed by atoms with Crippen molar-refractivity contribution in [1.82, 2.24) is 0 Å². The molecule has 0 aliphatic heterocycles. The van der Waals surface area contributed by atoms with Gasteiger partial charge >= 0.3 is 0 Å². The van der Waals surface area contributed by atoms with Crippen LogP contribution in [0.5, 0.6) is 0 Å². The number of carbonyl (C=O) groups is 1. The van der Waals surface area contributed by atoms with Gasteiger partial charge in [0.05, 0.1) is 6.07 Å². The van der Waals surface area contributed by atoms with Gasteiger partial charge in [0.15, 0.2) is 0 Å². The van der Waals surface area contributed by atoms with E-state index in [9.17, 15) is 4.79 Å². The molecule has 2 N–H and O–H groups in total. The Morgan fingerprint density at radius 1 is 1.59 bits per heavy atom. The number of amides is 1. The Kier molecular flexibility index (Phi) is 2.53. The van der Waals surface area contributed by atoms with Gasteiger partial charge in [0, 0.05) is 11.1 Å². The number of carbonyl (C=O) groups excluding carboxylic acids is 1. The van der Waals surface area contributed by atoms with Gasteiger partial charge in [-0.15, -0.1) is 0 Å². The fourth-order valence-electron chi connectivity index (χ4n) is 3.44. The van der Waals surface area contributed by atoms with E-state index in [2.05, 4.69) is 25.8 Å². The number of hydrogen-bond donors (Lipinski definition) is 1. The average molecular weight is 233 g/mol. The second-order valence-corrected chi connectivity index (χ2v) is 6.00. The zero-order chi connectivity index (χ0) is 12.8. The molecule has 2 fully saturated rings. The maximum absolute atomic E-state index is 11.1. The summed E-state index contributed by atoms with van der Waals surface area (Å²) >= 11 is 0. The minimum absolute atomic E-state index is 0.0300. The highest BCUT2D eigenvalue weighted by Crippen LogP contribution is 2.64. The molecule has 2 aliphatic rings. The van der Waals surface area contributed by atoms with Crippen LogP contribution in [0, 0.1) is 28.1 Å². The van der Waals surface area contributed by atoms with Gasteiger partial charge in [-0.05, 0) is 30.6 Å². The number of nitriles is 1. The van der Waals surface area contributed by atoms with Gasteiger partial charge in [-0.2, -0.15) is 5.26 Å². The molecule has 0 aromatic carbocycles. The van der Waals surface area contributed by atoms with Crippen LogP contribution >= 0.6 is 0 Å². The van der Waals surface area contributed by atoms with Gasteiger partial charge < -0.3 is 5.73 Å². The van der Waals surface area contributed by atoms with Crippen LogP contribution in [0.2, 0.25) is 0 Å². The smallest absolute Gasteiger partial charge is 0.256 e. The molecule has 3 atom stereocenters. The number of primary amides is 1. The first-order valence-electron chi connectivity index (χ1n) is 6.09. The summed E-state index contributed by atoms with van der Waals surface area (Å²) in [6.45, 7) is 6.73. The van der Waals surface area contributed by atoms with Crippen molar-refractivity contribution in [3.63, 3.8) is 0 Å². The molecule has 92 valence electrons. The summed E-state index contributed by atoms with van der Waals surface area (Å²) in [5.41, 5.74) is 6.43. The SMILES string of the molecule is CC1(C)[C@@H]2CC[C@@]1(C)C(=N[C@@H](C#N)C(N)=O)C2. The van der Waals surface area contributed by atoms with Crippen molar-refractivity contribution >= 4 is 11.6 Å². The summed E-state index contributed by atoms with van der Waals surface area (Å²) in [4.78, 5) is 15.4. The van der Waals surface area contributed by atoms with Gasteiger partial charge in [-0.3, -0.25) is 9.79 Å². The zero-order valence-corrected chi connectivity index (χ0v) is 10.7. The third-order valence-corrected chi connectivity index (χ3v) is 5.19. The van der Waals surface area contributed by atoms with Crippen LogP contribution in [0.15, 0.2) is 4.99 Å². The second kappa shape index (κ2) is 3.56.